The van der Waals surface area contributed by atoms with Crippen LogP contribution in [0.1, 0.15) is 51.3 Å². The topological polar surface area (TPSA) is 16.4 Å². The van der Waals surface area contributed by atoms with Gasteiger partial charge in [-0.3, -0.25) is 0 Å². The van der Waals surface area contributed by atoms with Gasteiger partial charge in [0.05, 0.1) is 5.69 Å². The third kappa shape index (κ3) is 5.23. The number of hydrogen-bond acceptors (Lipinski definition) is 2. The molecule has 55 heavy (non-hydrogen) atoms. The monoisotopic (exact) mass is 709 g/mol. The number of nitrogens with zero attached hydrogens (tertiary/aromatic N) is 1. The summed E-state index contributed by atoms with van der Waals surface area (Å²) in [6.07, 6.45) is 0. The van der Waals surface area contributed by atoms with Gasteiger partial charge < -0.3 is 9.32 Å². The van der Waals surface area contributed by atoms with Gasteiger partial charge in [0.2, 0.25) is 0 Å². The Labute approximate surface area is 323 Å². The first-order valence-electron chi connectivity index (χ1n) is 19.4. The Bertz CT molecular complexity index is 2940. The Kier molecular flexibility index (Phi) is 7.44. The minimum Gasteiger partial charge on any atom is -0.456 e. The summed E-state index contributed by atoms with van der Waals surface area (Å²) in [4.78, 5) is 2.48. The van der Waals surface area contributed by atoms with E-state index in [1.165, 1.54) is 55.3 Å². The van der Waals surface area contributed by atoms with Crippen LogP contribution < -0.4 is 4.90 Å². The van der Waals surface area contributed by atoms with E-state index in [-0.39, 0.29) is 10.8 Å². The average Bonchev–Trinajstić information content (AvgIpc) is 3.70. The number of anilines is 3. The predicted molar refractivity (Wildman–Crippen MR) is 233 cm³/mol. The molecule has 0 saturated carbocycles. The minimum atomic E-state index is -0.0744. The van der Waals surface area contributed by atoms with Crippen molar-refractivity contribution in [3.05, 3.63) is 187 Å². The molecule has 0 radical (unpaired) electrons. The van der Waals surface area contributed by atoms with Crippen molar-refractivity contribution in [2.45, 2.75) is 45.4 Å². The second kappa shape index (κ2) is 12.3. The fourth-order valence-electron chi connectivity index (χ4n) is 9.05. The van der Waals surface area contributed by atoms with Gasteiger partial charge in [-0.15, -0.1) is 0 Å². The van der Waals surface area contributed by atoms with Crippen molar-refractivity contribution in [3.63, 3.8) is 0 Å². The molecule has 0 saturated heterocycles. The van der Waals surface area contributed by atoms with Gasteiger partial charge in [0, 0.05) is 33.1 Å². The van der Waals surface area contributed by atoms with Crippen molar-refractivity contribution in [2.75, 3.05) is 4.90 Å². The van der Waals surface area contributed by atoms with Crippen molar-refractivity contribution < 1.29 is 4.42 Å². The molecule has 1 aliphatic rings. The molecule has 0 bridgehead atoms. The fraction of sp³-hybridized carbons (Fsp3) is 0.132. The number of benzene rings is 8. The van der Waals surface area contributed by atoms with Crippen LogP contribution in [0.15, 0.2) is 174 Å². The molecule has 0 spiro atoms. The summed E-state index contributed by atoms with van der Waals surface area (Å²) in [5, 5.41) is 4.68. The summed E-state index contributed by atoms with van der Waals surface area (Å²) in [7, 11) is 0. The van der Waals surface area contributed by atoms with Gasteiger partial charge in [-0.1, -0.05) is 162 Å². The normalized spacial score (nSPS) is 13.3. The fourth-order valence-corrected chi connectivity index (χ4v) is 9.05. The zero-order chi connectivity index (χ0) is 37.5. The summed E-state index contributed by atoms with van der Waals surface area (Å²) in [6, 6.07) is 62.4. The van der Waals surface area contributed by atoms with E-state index in [1.54, 1.807) is 0 Å². The molecule has 1 aromatic heterocycles. The maximum absolute atomic E-state index is 6.41. The van der Waals surface area contributed by atoms with Gasteiger partial charge in [-0.25, -0.2) is 0 Å². The molecule has 8 aromatic carbocycles. The van der Waals surface area contributed by atoms with Gasteiger partial charge >= 0.3 is 0 Å². The third-order valence-electron chi connectivity index (χ3n) is 11.9. The summed E-state index contributed by atoms with van der Waals surface area (Å²) >= 11 is 0. The molecule has 0 N–H and O–H groups in total. The van der Waals surface area contributed by atoms with Crippen LogP contribution in [-0.4, -0.2) is 0 Å². The quantitative estimate of drug-likeness (QED) is 0.177. The summed E-state index contributed by atoms with van der Waals surface area (Å²) in [6.45, 7) is 11.5. The molecule has 0 unspecified atom stereocenters. The molecule has 9 aromatic rings. The van der Waals surface area contributed by atoms with Gasteiger partial charge in [-0.2, -0.15) is 0 Å². The molecule has 2 heteroatoms. The van der Waals surface area contributed by atoms with Gasteiger partial charge in [0.15, 0.2) is 0 Å². The Morgan fingerprint density at radius 3 is 1.89 bits per heavy atom. The van der Waals surface area contributed by atoms with Crippen LogP contribution in [0.25, 0.3) is 66.1 Å². The maximum Gasteiger partial charge on any atom is 0.136 e. The predicted octanol–water partition coefficient (Wildman–Crippen LogP) is 15.1. The summed E-state index contributed by atoms with van der Waals surface area (Å²) in [5.74, 6) is 0. The molecule has 0 aliphatic heterocycles. The highest BCUT2D eigenvalue weighted by Crippen LogP contribution is 2.53. The van der Waals surface area contributed by atoms with E-state index in [0.717, 1.165) is 44.6 Å². The van der Waals surface area contributed by atoms with E-state index in [9.17, 15) is 0 Å². The molecule has 0 atom stereocenters. The first kappa shape index (κ1) is 33.2. The summed E-state index contributed by atoms with van der Waals surface area (Å²) < 4.78 is 6.41. The van der Waals surface area contributed by atoms with E-state index >= 15 is 0 Å². The van der Waals surface area contributed by atoms with Crippen LogP contribution in [-0.2, 0) is 10.8 Å². The highest BCUT2D eigenvalue weighted by molar-refractivity contribution is 6.15. The third-order valence-corrected chi connectivity index (χ3v) is 11.9. The highest BCUT2D eigenvalue weighted by Gasteiger charge is 2.36. The van der Waals surface area contributed by atoms with Gasteiger partial charge in [0.25, 0.3) is 0 Å². The number of fused-ring (bicyclic) bond motifs is 7. The Hall–Kier alpha value is -6.38. The maximum atomic E-state index is 6.41. The lowest BCUT2D eigenvalue weighted by Crippen LogP contribution is -2.16. The van der Waals surface area contributed by atoms with Crippen LogP contribution in [0, 0.1) is 0 Å². The molecule has 10 rings (SSSR count). The first-order chi connectivity index (χ1) is 26.7. The van der Waals surface area contributed by atoms with E-state index in [0.29, 0.717) is 0 Å². The molecular weight excluding hydrogens is 667 g/mol. The number of furan rings is 1. The van der Waals surface area contributed by atoms with Crippen molar-refractivity contribution in [1.29, 1.82) is 0 Å². The summed E-state index contributed by atoms with van der Waals surface area (Å²) in [5.41, 5.74) is 16.5. The standard InChI is InChI=1S/C53H43NO/c1-52(2,3)35-26-28-36(29-27-35)54(37-30-31-46-44(33-37)40-18-10-12-22-45(40)53(46,4)5)47-32-25-34-15-6-7-16-38(34)50(47)41-19-9-8-17-39(41)42-21-14-24-49-51(42)43-20-11-13-23-48(43)55-49/h6-33H,1-5H3. The second-order valence-corrected chi connectivity index (χ2v) is 16.5. The van der Waals surface area contributed by atoms with Crippen molar-refractivity contribution in [2.24, 2.45) is 0 Å². The number of para-hydroxylation sites is 1. The highest BCUT2D eigenvalue weighted by atomic mass is 16.3. The smallest absolute Gasteiger partial charge is 0.136 e. The van der Waals surface area contributed by atoms with Gasteiger partial charge in [0.1, 0.15) is 11.2 Å². The van der Waals surface area contributed by atoms with E-state index < -0.39 is 0 Å². The zero-order valence-electron chi connectivity index (χ0n) is 32.0. The first-order valence-corrected chi connectivity index (χ1v) is 19.4. The molecule has 0 amide bonds. The lowest BCUT2D eigenvalue weighted by Gasteiger charge is -2.31. The molecule has 0 fully saturated rings. The van der Waals surface area contributed by atoms with Crippen molar-refractivity contribution in [1.82, 2.24) is 0 Å². The van der Waals surface area contributed by atoms with E-state index in [4.69, 9.17) is 4.42 Å². The van der Waals surface area contributed by atoms with Gasteiger partial charge in [-0.05, 0) is 103 Å². The van der Waals surface area contributed by atoms with E-state index in [1.807, 2.05) is 6.07 Å². The molecule has 1 aliphatic carbocycles. The Morgan fingerprint density at radius 1 is 0.473 bits per heavy atom. The number of hydrogen-bond donors (Lipinski definition) is 0. The second-order valence-electron chi connectivity index (χ2n) is 16.5. The molecule has 1 heterocycles. The Morgan fingerprint density at radius 2 is 1.09 bits per heavy atom. The lowest BCUT2D eigenvalue weighted by molar-refractivity contribution is 0.590. The average molecular weight is 710 g/mol. The molecular formula is C53H43NO. The Balaban J connectivity index is 1.27. The van der Waals surface area contributed by atoms with Crippen LogP contribution in [0.3, 0.4) is 0 Å². The SMILES string of the molecule is CC(C)(C)c1ccc(N(c2ccc3c(c2)-c2ccccc2C3(C)C)c2ccc3ccccc3c2-c2ccccc2-c2cccc3oc4ccccc4c23)cc1. The lowest BCUT2D eigenvalue weighted by atomic mass is 9.82. The minimum absolute atomic E-state index is 0.0392. The molecule has 2 nitrogen and oxygen atoms in total. The van der Waals surface area contributed by atoms with E-state index in [2.05, 4.69) is 203 Å². The van der Waals surface area contributed by atoms with Crippen LogP contribution in [0.5, 0.6) is 0 Å². The zero-order valence-corrected chi connectivity index (χ0v) is 32.0. The van der Waals surface area contributed by atoms with Crippen molar-refractivity contribution >= 4 is 49.8 Å². The number of rotatable bonds is 5. The van der Waals surface area contributed by atoms with Crippen LogP contribution in [0.2, 0.25) is 0 Å². The van der Waals surface area contributed by atoms with Crippen molar-refractivity contribution in [3.8, 4) is 33.4 Å². The van der Waals surface area contributed by atoms with Crippen LogP contribution in [0.4, 0.5) is 17.1 Å². The van der Waals surface area contributed by atoms with Crippen LogP contribution >= 0.6 is 0 Å². The largest absolute Gasteiger partial charge is 0.456 e. The molecule has 266 valence electrons.